The molecule has 0 spiro atoms. The molecular formula is C22H28N2O6. The first-order valence-electron chi connectivity index (χ1n) is 10.6. The largest absolute Gasteiger partial charge is 0.376 e. The number of hydrogen-bond donors (Lipinski definition) is 0. The van der Waals surface area contributed by atoms with Gasteiger partial charge in [-0.2, -0.15) is 0 Å². The van der Waals surface area contributed by atoms with Crippen molar-refractivity contribution in [2.45, 2.75) is 82.1 Å². The van der Waals surface area contributed by atoms with Crippen LogP contribution in [0.4, 0.5) is 4.79 Å². The van der Waals surface area contributed by atoms with Crippen LogP contribution in [0.25, 0.3) is 0 Å². The zero-order valence-electron chi connectivity index (χ0n) is 17.5. The highest BCUT2D eigenvalue weighted by Gasteiger charge is 2.60. The molecule has 8 nitrogen and oxygen atoms in total. The van der Waals surface area contributed by atoms with E-state index >= 15 is 0 Å². The van der Waals surface area contributed by atoms with E-state index in [2.05, 4.69) is 0 Å². The van der Waals surface area contributed by atoms with Gasteiger partial charge in [-0.05, 0) is 32.3 Å². The summed E-state index contributed by atoms with van der Waals surface area (Å²) in [6, 6.07) is 9.07. The number of carbonyl (C=O) groups excluding carboxylic acids is 2. The molecule has 162 valence electrons. The number of carbonyl (C=O) groups is 2. The van der Waals surface area contributed by atoms with Crippen molar-refractivity contribution in [3.63, 3.8) is 0 Å². The van der Waals surface area contributed by atoms with Crippen LogP contribution >= 0.6 is 0 Å². The predicted octanol–water partition coefficient (Wildman–Crippen LogP) is 2.26. The van der Waals surface area contributed by atoms with E-state index in [4.69, 9.17) is 18.9 Å². The SMILES string of the molecule is CO[C@@H]1C2OC(C)(C)OC2OC1[C@@H]1CC(=O)N(Cc2ccccc2)C(=O)N1C1CC1. The normalized spacial score (nSPS) is 35.8. The highest BCUT2D eigenvalue weighted by atomic mass is 16.8. The summed E-state index contributed by atoms with van der Waals surface area (Å²) in [6.45, 7) is 3.95. The minimum absolute atomic E-state index is 0.133. The van der Waals surface area contributed by atoms with Gasteiger partial charge in [0.25, 0.3) is 0 Å². The van der Waals surface area contributed by atoms with Crippen molar-refractivity contribution in [3.05, 3.63) is 35.9 Å². The van der Waals surface area contributed by atoms with Crippen LogP contribution in [0, 0.1) is 0 Å². The molecule has 0 N–H and O–H groups in total. The number of hydrogen-bond acceptors (Lipinski definition) is 6. The monoisotopic (exact) mass is 416 g/mol. The number of imide groups is 1. The molecule has 1 aromatic rings. The number of nitrogens with zero attached hydrogens (tertiary/aromatic N) is 2. The van der Waals surface area contributed by atoms with Crippen LogP contribution < -0.4 is 0 Å². The predicted molar refractivity (Wildman–Crippen MR) is 105 cm³/mol. The molecule has 3 unspecified atom stereocenters. The van der Waals surface area contributed by atoms with Gasteiger partial charge in [-0.3, -0.25) is 9.69 Å². The van der Waals surface area contributed by atoms with Gasteiger partial charge < -0.3 is 23.8 Å². The summed E-state index contributed by atoms with van der Waals surface area (Å²) in [5.41, 5.74) is 0.929. The van der Waals surface area contributed by atoms with Gasteiger partial charge in [-0.1, -0.05) is 30.3 Å². The molecule has 0 bridgehead atoms. The Hall–Kier alpha value is -2.00. The topological polar surface area (TPSA) is 77.5 Å². The van der Waals surface area contributed by atoms with Gasteiger partial charge in [0, 0.05) is 13.2 Å². The van der Waals surface area contributed by atoms with Crippen LogP contribution in [0.2, 0.25) is 0 Å². The van der Waals surface area contributed by atoms with Crippen molar-refractivity contribution in [2.75, 3.05) is 7.11 Å². The molecule has 1 aromatic carbocycles. The highest BCUT2D eigenvalue weighted by molar-refractivity contribution is 5.97. The van der Waals surface area contributed by atoms with E-state index < -0.39 is 30.3 Å². The molecule has 1 aliphatic carbocycles. The molecule has 8 heteroatoms. The standard InChI is InChI=1S/C22H28N2O6/c1-22(2)29-19-18(27-3)17(28-20(19)30-22)15-11-16(25)23(12-13-7-5-4-6-8-13)21(26)24(15)14-9-10-14/h4-8,14-15,17-20H,9-12H2,1-3H3/t15-,17?,18-,19?,20?/m0/s1. The number of urea groups is 1. The van der Waals surface area contributed by atoms with E-state index in [1.807, 2.05) is 49.1 Å². The molecule has 3 saturated heterocycles. The smallest absolute Gasteiger partial charge is 0.327 e. The Morgan fingerprint density at radius 1 is 1.10 bits per heavy atom. The van der Waals surface area contributed by atoms with Gasteiger partial charge in [0.05, 0.1) is 19.0 Å². The molecule has 3 amide bonds. The Morgan fingerprint density at radius 3 is 2.50 bits per heavy atom. The lowest BCUT2D eigenvalue weighted by Crippen LogP contribution is -2.62. The summed E-state index contributed by atoms with van der Waals surface area (Å²) in [6.07, 6.45) is 0.229. The van der Waals surface area contributed by atoms with Crippen LogP contribution in [0.3, 0.4) is 0 Å². The van der Waals surface area contributed by atoms with Crippen molar-refractivity contribution in [2.24, 2.45) is 0 Å². The Kier molecular flexibility index (Phi) is 4.85. The number of ether oxygens (including phenoxy) is 4. The zero-order chi connectivity index (χ0) is 21.0. The summed E-state index contributed by atoms with van der Waals surface area (Å²) in [4.78, 5) is 29.6. The fourth-order valence-corrected chi connectivity index (χ4v) is 4.83. The van der Waals surface area contributed by atoms with E-state index in [1.165, 1.54) is 4.90 Å². The number of fused-ring (bicyclic) bond motifs is 1. The van der Waals surface area contributed by atoms with Crippen LogP contribution in [0.15, 0.2) is 30.3 Å². The van der Waals surface area contributed by atoms with Gasteiger partial charge in [0.1, 0.15) is 18.3 Å². The van der Waals surface area contributed by atoms with Crippen LogP contribution in [-0.4, -0.2) is 71.3 Å². The van der Waals surface area contributed by atoms with Crippen molar-refractivity contribution in [3.8, 4) is 0 Å². The Morgan fingerprint density at radius 2 is 1.83 bits per heavy atom. The van der Waals surface area contributed by atoms with Crippen LogP contribution in [-0.2, 0) is 30.3 Å². The zero-order valence-corrected chi connectivity index (χ0v) is 17.5. The highest BCUT2D eigenvalue weighted by Crippen LogP contribution is 2.43. The lowest BCUT2D eigenvalue weighted by Gasteiger charge is -2.44. The van der Waals surface area contributed by atoms with Crippen LogP contribution in [0.5, 0.6) is 0 Å². The maximum Gasteiger partial charge on any atom is 0.327 e. The average molecular weight is 416 g/mol. The Labute approximate surface area is 176 Å². The minimum Gasteiger partial charge on any atom is -0.376 e. The van der Waals surface area contributed by atoms with Gasteiger partial charge >= 0.3 is 6.03 Å². The first-order chi connectivity index (χ1) is 14.4. The number of amides is 3. The molecule has 5 rings (SSSR count). The van der Waals surface area contributed by atoms with Gasteiger partial charge in [0.15, 0.2) is 12.1 Å². The summed E-state index contributed by atoms with van der Waals surface area (Å²) in [7, 11) is 1.60. The van der Waals surface area contributed by atoms with Gasteiger partial charge in [-0.25, -0.2) is 4.79 Å². The molecule has 0 aromatic heterocycles. The molecule has 5 atom stereocenters. The molecule has 3 aliphatic heterocycles. The summed E-state index contributed by atoms with van der Waals surface area (Å²) in [5, 5.41) is 0. The number of methoxy groups -OCH3 is 1. The average Bonchev–Trinajstić information content (AvgIpc) is 3.42. The van der Waals surface area contributed by atoms with Crippen molar-refractivity contribution in [1.82, 2.24) is 9.80 Å². The summed E-state index contributed by atoms with van der Waals surface area (Å²) < 4.78 is 23.8. The maximum absolute atomic E-state index is 13.4. The van der Waals surface area contributed by atoms with Crippen molar-refractivity contribution >= 4 is 11.9 Å². The third-order valence-electron chi connectivity index (χ3n) is 6.30. The molecule has 4 aliphatic rings. The lowest BCUT2D eigenvalue weighted by molar-refractivity contribution is -0.224. The van der Waals surface area contributed by atoms with E-state index in [0.717, 1.165) is 18.4 Å². The Balaban J connectivity index is 1.38. The third kappa shape index (κ3) is 3.41. The van der Waals surface area contributed by atoms with E-state index in [0.29, 0.717) is 0 Å². The second kappa shape index (κ2) is 7.30. The maximum atomic E-state index is 13.4. The quantitative estimate of drug-likeness (QED) is 0.733. The van der Waals surface area contributed by atoms with E-state index in [-0.39, 0.29) is 37.0 Å². The number of benzene rings is 1. The third-order valence-corrected chi connectivity index (χ3v) is 6.30. The van der Waals surface area contributed by atoms with E-state index in [1.54, 1.807) is 7.11 Å². The second-order valence-electron chi connectivity index (χ2n) is 8.93. The second-order valence-corrected chi connectivity index (χ2v) is 8.93. The van der Waals surface area contributed by atoms with Crippen molar-refractivity contribution < 1.29 is 28.5 Å². The minimum atomic E-state index is -0.752. The first-order valence-corrected chi connectivity index (χ1v) is 10.6. The fraction of sp³-hybridized carbons (Fsp3) is 0.636. The Bertz CT molecular complexity index is 826. The van der Waals surface area contributed by atoms with Crippen LogP contribution in [0.1, 0.15) is 38.7 Å². The summed E-state index contributed by atoms with van der Waals surface area (Å²) in [5.74, 6) is -0.943. The lowest BCUT2D eigenvalue weighted by atomic mass is 9.96. The molecular weight excluding hydrogens is 388 g/mol. The molecule has 0 radical (unpaired) electrons. The fourth-order valence-electron chi connectivity index (χ4n) is 4.83. The number of rotatable bonds is 5. The molecule has 1 saturated carbocycles. The molecule has 4 fully saturated rings. The molecule has 30 heavy (non-hydrogen) atoms. The first kappa shape index (κ1) is 19.9. The van der Waals surface area contributed by atoms with Gasteiger partial charge in [-0.15, -0.1) is 0 Å². The van der Waals surface area contributed by atoms with Gasteiger partial charge in [0.2, 0.25) is 5.91 Å². The molecule has 3 heterocycles. The van der Waals surface area contributed by atoms with Crippen molar-refractivity contribution in [1.29, 1.82) is 0 Å². The summed E-state index contributed by atoms with van der Waals surface area (Å²) >= 11 is 0. The van der Waals surface area contributed by atoms with E-state index in [9.17, 15) is 9.59 Å².